The molecule has 0 radical (unpaired) electrons. The number of urea groups is 1. The van der Waals surface area contributed by atoms with Gasteiger partial charge in [0, 0.05) is 12.1 Å². The lowest BCUT2D eigenvalue weighted by Crippen LogP contribution is -2.35. The van der Waals surface area contributed by atoms with Gasteiger partial charge in [0.05, 0.1) is 15.7 Å². The summed E-state index contributed by atoms with van der Waals surface area (Å²) >= 11 is 17.5. The Morgan fingerprint density at radius 2 is 1.78 bits per heavy atom. The van der Waals surface area contributed by atoms with Crippen LogP contribution in [0.25, 0.3) is 0 Å². The van der Waals surface area contributed by atoms with Crippen molar-refractivity contribution in [2.45, 2.75) is 0 Å². The number of likely N-dealkylation sites (N-methyl/N-ethyl adjacent to an activating group) is 1. The summed E-state index contributed by atoms with van der Waals surface area (Å²) in [5, 5.41) is 11.6. The molecular weight excluding hydrogens is 302 g/mol. The molecule has 0 aromatic heterocycles. The minimum absolute atomic E-state index is 0.171. The summed E-state index contributed by atoms with van der Waals surface area (Å²) in [6, 6.07) is 2.20. The predicted octanol–water partition coefficient (Wildman–Crippen LogP) is 3.20. The molecule has 0 bridgehead atoms. The number of benzene rings is 1. The van der Waals surface area contributed by atoms with Crippen LogP contribution in [0.4, 0.5) is 10.5 Å². The topological polar surface area (TPSA) is 69.6 Å². The second-order valence-electron chi connectivity index (χ2n) is 3.42. The minimum atomic E-state index is -1.12. The Bertz CT molecular complexity index is 470. The van der Waals surface area contributed by atoms with E-state index in [1.165, 1.54) is 19.2 Å². The number of nitrogens with zero attached hydrogens (tertiary/aromatic N) is 1. The summed E-state index contributed by atoms with van der Waals surface area (Å²) in [6.45, 7) is -0.436. The molecule has 0 spiro atoms. The molecule has 0 aliphatic carbocycles. The first-order valence-corrected chi connectivity index (χ1v) is 5.83. The Labute approximate surface area is 118 Å². The first kappa shape index (κ1) is 14.9. The third-order valence-corrected chi connectivity index (χ3v) is 2.77. The highest BCUT2D eigenvalue weighted by Gasteiger charge is 2.15. The number of carbonyl (C=O) groups excluding carboxylic acids is 1. The normalized spacial score (nSPS) is 10.0. The molecule has 5 nitrogen and oxygen atoms in total. The zero-order chi connectivity index (χ0) is 13.9. The summed E-state index contributed by atoms with van der Waals surface area (Å²) in [7, 11) is 1.33. The lowest BCUT2D eigenvalue weighted by Gasteiger charge is -2.17. The number of hydrogen-bond acceptors (Lipinski definition) is 2. The van der Waals surface area contributed by atoms with Crippen LogP contribution >= 0.6 is 34.8 Å². The molecule has 0 unspecified atom stereocenters. The van der Waals surface area contributed by atoms with E-state index in [0.29, 0.717) is 5.02 Å². The smallest absolute Gasteiger partial charge is 0.323 e. The van der Waals surface area contributed by atoms with Crippen LogP contribution in [0.15, 0.2) is 12.1 Å². The van der Waals surface area contributed by atoms with Gasteiger partial charge in [-0.3, -0.25) is 4.79 Å². The first-order chi connectivity index (χ1) is 8.31. The summed E-state index contributed by atoms with van der Waals surface area (Å²) in [6.07, 6.45) is 0. The van der Waals surface area contributed by atoms with Crippen LogP contribution in [0.1, 0.15) is 0 Å². The number of aliphatic carboxylic acids is 1. The molecule has 0 saturated carbocycles. The van der Waals surface area contributed by atoms with E-state index in [-0.39, 0.29) is 15.7 Å². The molecule has 98 valence electrons. The van der Waals surface area contributed by atoms with Crippen molar-refractivity contribution in [2.75, 3.05) is 18.9 Å². The largest absolute Gasteiger partial charge is 0.480 e. The second-order valence-corrected chi connectivity index (χ2v) is 4.68. The Morgan fingerprint density at radius 1 is 1.28 bits per heavy atom. The van der Waals surface area contributed by atoms with Gasteiger partial charge in [0.15, 0.2) is 0 Å². The third-order valence-electron chi connectivity index (χ3n) is 1.96. The van der Waals surface area contributed by atoms with Gasteiger partial charge in [0.1, 0.15) is 6.54 Å². The number of carboxylic acid groups (broad SMARTS) is 1. The van der Waals surface area contributed by atoms with E-state index in [4.69, 9.17) is 39.9 Å². The van der Waals surface area contributed by atoms with E-state index in [1.54, 1.807) is 0 Å². The van der Waals surface area contributed by atoms with Crippen molar-refractivity contribution in [1.82, 2.24) is 4.90 Å². The molecule has 0 heterocycles. The van der Waals surface area contributed by atoms with E-state index in [1.807, 2.05) is 0 Å². The number of halogens is 3. The predicted molar refractivity (Wildman–Crippen MR) is 70.8 cm³/mol. The van der Waals surface area contributed by atoms with Gasteiger partial charge in [-0.15, -0.1) is 0 Å². The summed E-state index contributed by atoms with van der Waals surface area (Å²) < 4.78 is 0. The standard InChI is InChI=1S/C10H9Cl3N2O3/c1-15(4-8(16)17)10(18)14-9-6(12)2-5(11)3-7(9)13/h2-3H,4H2,1H3,(H,14,18)(H,16,17). The molecule has 18 heavy (non-hydrogen) atoms. The van der Waals surface area contributed by atoms with Crippen LogP contribution in [0.2, 0.25) is 15.1 Å². The van der Waals surface area contributed by atoms with Gasteiger partial charge in [-0.1, -0.05) is 34.8 Å². The van der Waals surface area contributed by atoms with Gasteiger partial charge in [0.25, 0.3) is 0 Å². The lowest BCUT2D eigenvalue weighted by atomic mass is 10.3. The molecule has 0 fully saturated rings. The molecule has 2 amide bonds. The van der Waals surface area contributed by atoms with E-state index < -0.39 is 18.5 Å². The Hall–Kier alpha value is -1.17. The van der Waals surface area contributed by atoms with Gasteiger partial charge in [-0.25, -0.2) is 4.79 Å². The van der Waals surface area contributed by atoms with Crippen LogP contribution in [0.5, 0.6) is 0 Å². The zero-order valence-corrected chi connectivity index (χ0v) is 11.5. The fourth-order valence-electron chi connectivity index (χ4n) is 1.14. The number of anilines is 1. The molecule has 0 aliphatic heterocycles. The average molecular weight is 312 g/mol. The van der Waals surface area contributed by atoms with E-state index in [0.717, 1.165) is 4.90 Å². The van der Waals surface area contributed by atoms with Crippen molar-refractivity contribution in [3.63, 3.8) is 0 Å². The fourth-order valence-corrected chi connectivity index (χ4v) is 2.05. The van der Waals surface area contributed by atoms with Crippen molar-refractivity contribution in [3.8, 4) is 0 Å². The Kier molecular flexibility index (Phi) is 5.07. The molecule has 0 saturated heterocycles. The molecule has 2 N–H and O–H groups in total. The van der Waals surface area contributed by atoms with Crippen molar-refractivity contribution >= 4 is 52.5 Å². The van der Waals surface area contributed by atoms with Gasteiger partial charge < -0.3 is 15.3 Å². The molecule has 0 aliphatic rings. The minimum Gasteiger partial charge on any atom is -0.480 e. The van der Waals surface area contributed by atoms with Gasteiger partial charge in [-0.2, -0.15) is 0 Å². The summed E-state index contributed by atoms with van der Waals surface area (Å²) in [5.74, 6) is -1.12. The second kappa shape index (κ2) is 6.13. The molecule has 0 atom stereocenters. The number of rotatable bonds is 3. The fraction of sp³-hybridized carbons (Fsp3) is 0.200. The van der Waals surface area contributed by atoms with Crippen molar-refractivity contribution in [2.24, 2.45) is 0 Å². The van der Waals surface area contributed by atoms with Crippen LogP contribution < -0.4 is 5.32 Å². The van der Waals surface area contributed by atoms with Gasteiger partial charge in [0.2, 0.25) is 0 Å². The van der Waals surface area contributed by atoms with Crippen LogP contribution in [-0.2, 0) is 4.79 Å². The lowest BCUT2D eigenvalue weighted by molar-refractivity contribution is -0.137. The van der Waals surface area contributed by atoms with E-state index in [2.05, 4.69) is 5.32 Å². The molecular formula is C10H9Cl3N2O3. The highest BCUT2D eigenvalue weighted by molar-refractivity contribution is 6.42. The third kappa shape index (κ3) is 3.94. The number of carbonyl (C=O) groups is 2. The van der Waals surface area contributed by atoms with Crippen LogP contribution in [-0.4, -0.2) is 35.6 Å². The van der Waals surface area contributed by atoms with Crippen molar-refractivity contribution in [1.29, 1.82) is 0 Å². The summed E-state index contributed by atoms with van der Waals surface area (Å²) in [5.41, 5.74) is 0.185. The molecule has 1 aromatic rings. The molecule has 1 rings (SSSR count). The quantitative estimate of drug-likeness (QED) is 0.900. The number of amides is 2. The van der Waals surface area contributed by atoms with Crippen molar-refractivity contribution in [3.05, 3.63) is 27.2 Å². The number of nitrogens with one attached hydrogen (secondary N) is 1. The monoisotopic (exact) mass is 310 g/mol. The van der Waals surface area contributed by atoms with E-state index >= 15 is 0 Å². The zero-order valence-electron chi connectivity index (χ0n) is 9.21. The molecule has 1 aromatic carbocycles. The van der Waals surface area contributed by atoms with Crippen LogP contribution in [0.3, 0.4) is 0 Å². The highest BCUT2D eigenvalue weighted by atomic mass is 35.5. The first-order valence-electron chi connectivity index (χ1n) is 4.69. The summed E-state index contributed by atoms with van der Waals surface area (Å²) in [4.78, 5) is 23.1. The number of hydrogen-bond donors (Lipinski definition) is 2. The number of carboxylic acids is 1. The maximum atomic E-state index is 11.6. The SMILES string of the molecule is CN(CC(=O)O)C(=O)Nc1c(Cl)cc(Cl)cc1Cl. The van der Waals surface area contributed by atoms with Gasteiger partial charge >= 0.3 is 12.0 Å². The average Bonchev–Trinajstić information content (AvgIpc) is 2.21. The molecule has 8 heteroatoms. The maximum Gasteiger partial charge on any atom is 0.323 e. The van der Waals surface area contributed by atoms with Crippen LogP contribution in [0, 0.1) is 0 Å². The Balaban J connectivity index is 2.85. The Morgan fingerprint density at radius 3 is 2.22 bits per heavy atom. The van der Waals surface area contributed by atoms with Gasteiger partial charge in [-0.05, 0) is 12.1 Å². The van der Waals surface area contributed by atoms with E-state index in [9.17, 15) is 9.59 Å². The maximum absolute atomic E-state index is 11.6. The van der Waals surface area contributed by atoms with Crippen molar-refractivity contribution < 1.29 is 14.7 Å². The highest BCUT2D eigenvalue weighted by Crippen LogP contribution is 2.33.